The molecule has 2 heterocycles. The summed E-state index contributed by atoms with van der Waals surface area (Å²) in [6.07, 6.45) is 4.03. The largest absolute Gasteiger partial charge is 0.348 e. The van der Waals surface area contributed by atoms with Crippen LogP contribution in [0, 0.1) is 0 Å². The van der Waals surface area contributed by atoms with Gasteiger partial charge in [0.15, 0.2) is 0 Å². The zero-order valence-corrected chi connectivity index (χ0v) is 10.5. The van der Waals surface area contributed by atoms with Crippen molar-refractivity contribution in [3.63, 3.8) is 0 Å². The van der Waals surface area contributed by atoms with Gasteiger partial charge in [-0.25, -0.2) is 9.78 Å². The van der Waals surface area contributed by atoms with Crippen LogP contribution in [0.1, 0.15) is 12.8 Å². The molecular weight excluding hydrogens is 226 g/mol. The number of benzene rings is 1. The van der Waals surface area contributed by atoms with Crippen molar-refractivity contribution in [2.75, 3.05) is 13.6 Å². The van der Waals surface area contributed by atoms with Crippen LogP contribution in [-0.4, -0.2) is 34.1 Å². The predicted octanol–water partition coefficient (Wildman–Crippen LogP) is 1.49. The summed E-state index contributed by atoms with van der Waals surface area (Å²) in [4.78, 5) is 18.3. The van der Waals surface area contributed by atoms with Crippen LogP contribution in [0.15, 0.2) is 35.3 Å². The molecule has 0 N–H and O–H groups in total. The van der Waals surface area contributed by atoms with Crippen molar-refractivity contribution in [1.29, 1.82) is 0 Å². The maximum Gasteiger partial charge on any atom is 0.348 e. The van der Waals surface area contributed by atoms with E-state index in [0.29, 0.717) is 6.04 Å². The fourth-order valence-electron chi connectivity index (χ4n) is 2.74. The lowest BCUT2D eigenvalue weighted by Gasteiger charge is -2.21. The number of nitrogens with zero attached hydrogens (tertiary/aromatic N) is 3. The van der Waals surface area contributed by atoms with Gasteiger partial charge in [-0.15, -0.1) is 0 Å². The SMILES string of the molecule is CN1CCC[C@H]1Cn1c(=O)ncc2ccccc21. The molecule has 0 bridgehead atoms. The molecule has 1 aromatic heterocycles. The molecule has 0 saturated carbocycles. The lowest BCUT2D eigenvalue weighted by molar-refractivity contribution is 0.281. The predicted molar refractivity (Wildman–Crippen MR) is 71.7 cm³/mol. The lowest BCUT2D eigenvalue weighted by atomic mass is 10.2. The summed E-state index contributed by atoms with van der Waals surface area (Å²) >= 11 is 0. The van der Waals surface area contributed by atoms with E-state index in [1.54, 1.807) is 6.20 Å². The van der Waals surface area contributed by atoms with E-state index < -0.39 is 0 Å². The molecule has 1 saturated heterocycles. The Kier molecular flexibility index (Phi) is 2.88. The average molecular weight is 243 g/mol. The number of rotatable bonds is 2. The second kappa shape index (κ2) is 4.53. The Bertz CT molecular complexity index is 620. The third kappa shape index (κ3) is 1.93. The summed E-state index contributed by atoms with van der Waals surface area (Å²) in [5, 5.41) is 1.03. The van der Waals surface area contributed by atoms with Gasteiger partial charge in [-0.1, -0.05) is 18.2 Å². The van der Waals surface area contributed by atoms with Gasteiger partial charge in [-0.3, -0.25) is 4.57 Å². The first kappa shape index (κ1) is 11.4. The van der Waals surface area contributed by atoms with E-state index in [1.807, 2.05) is 28.8 Å². The van der Waals surface area contributed by atoms with Crippen LogP contribution in [0.25, 0.3) is 10.9 Å². The maximum absolute atomic E-state index is 12.0. The van der Waals surface area contributed by atoms with E-state index >= 15 is 0 Å². The zero-order chi connectivity index (χ0) is 12.5. The third-order valence-corrected chi connectivity index (χ3v) is 3.84. The molecule has 3 rings (SSSR count). The highest BCUT2D eigenvalue weighted by Gasteiger charge is 2.22. The van der Waals surface area contributed by atoms with Gasteiger partial charge >= 0.3 is 5.69 Å². The van der Waals surface area contributed by atoms with E-state index in [2.05, 4.69) is 16.9 Å². The summed E-state index contributed by atoms with van der Waals surface area (Å²) in [7, 11) is 2.13. The fourth-order valence-corrected chi connectivity index (χ4v) is 2.74. The van der Waals surface area contributed by atoms with E-state index in [0.717, 1.165) is 30.4 Å². The molecule has 4 nitrogen and oxygen atoms in total. The van der Waals surface area contributed by atoms with E-state index in [-0.39, 0.29) is 5.69 Å². The molecule has 0 unspecified atom stereocenters. The van der Waals surface area contributed by atoms with E-state index in [1.165, 1.54) is 6.42 Å². The highest BCUT2D eigenvalue weighted by Crippen LogP contribution is 2.18. The highest BCUT2D eigenvalue weighted by atomic mass is 16.1. The van der Waals surface area contributed by atoms with Crippen molar-refractivity contribution in [1.82, 2.24) is 14.5 Å². The number of likely N-dealkylation sites (N-methyl/N-ethyl adjacent to an activating group) is 1. The summed E-state index contributed by atoms with van der Waals surface area (Å²) in [5.41, 5.74) is 0.840. The smallest absolute Gasteiger partial charge is 0.302 e. The monoisotopic (exact) mass is 243 g/mol. The molecule has 1 aromatic carbocycles. The highest BCUT2D eigenvalue weighted by molar-refractivity contribution is 5.77. The Balaban J connectivity index is 2.05. The molecule has 0 spiro atoms. The number of hydrogen-bond donors (Lipinski definition) is 0. The fraction of sp³-hybridized carbons (Fsp3) is 0.429. The molecule has 94 valence electrons. The summed E-state index contributed by atoms with van der Waals surface area (Å²) in [6, 6.07) is 8.39. The first-order valence-corrected chi connectivity index (χ1v) is 6.40. The quantitative estimate of drug-likeness (QED) is 0.802. The van der Waals surface area contributed by atoms with Crippen LogP contribution in [-0.2, 0) is 6.54 Å². The van der Waals surface area contributed by atoms with Crippen molar-refractivity contribution in [3.05, 3.63) is 40.9 Å². The van der Waals surface area contributed by atoms with Gasteiger partial charge in [0, 0.05) is 24.2 Å². The van der Waals surface area contributed by atoms with Gasteiger partial charge in [-0.05, 0) is 32.5 Å². The Hall–Kier alpha value is -1.68. The van der Waals surface area contributed by atoms with E-state index in [4.69, 9.17) is 0 Å². The molecule has 0 amide bonds. The van der Waals surface area contributed by atoms with Crippen LogP contribution < -0.4 is 5.69 Å². The number of hydrogen-bond acceptors (Lipinski definition) is 3. The minimum Gasteiger partial charge on any atom is -0.302 e. The number of para-hydroxylation sites is 1. The molecule has 2 aromatic rings. The van der Waals surface area contributed by atoms with Crippen LogP contribution in [0.3, 0.4) is 0 Å². The summed E-state index contributed by atoms with van der Waals surface area (Å²) < 4.78 is 1.81. The lowest BCUT2D eigenvalue weighted by Crippen LogP contribution is -2.34. The van der Waals surface area contributed by atoms with Crippen LogP contribution in [0.5, 0.6) is 0 Å². The van der Waals surface area contributed by atoms with Crippen molar-refractivity contribution < 1.29 is 0 Å². The molecule has 18 heavy (non-hydrogen) atoms. The van der Waals surface area contributed by atoms with Crippen molar-refractivity contribution in [2.45, 2.75) is 25.4 Å². The first-order valence-electron chi connectivity index (χ1n) is 6.40. The normalized spacial score (nSPS) is 20.6. The topological polar surface area (TPSA) is 38.1 Å². The van der Waals surface area contributed by atoms with Gasteiger partial charge in [0.25, 0.3) is 0 Å². The number of likely N-dealkylation sites (tertiary alicyclic amines) is 1. The standard InChI is InChI=1S/C14H17N3O/c1-16-8-4-6-12(16)10-17-13-7-3-2-5-11(13)9-15-14(17)18/h2-3,5,7,9,12H,4,6,8,10H2,1H3/t12-/m0/s1. The van der Waals surface area contributed by atoms with Crippen LogP contribution in [0.2, 0.25) is 0 Å². The number of fused-ring (bicyclic) bond motifs is 1. The average Bonchev–Trinajstić information content (AvgIpc) is 2.79. The van der Waals surface area contributed by atoms with Crippen molar-refractivity contribution >= 4 is 10.9 Å². The molecule has 0 radical (unpaired) electrons. The Labute approximate surface area is 106 Å². The summed E-state index contributed by atoms with van der Waals surface area (Å²) in [5.74, 6) is 0. The molecule has 4 heteroatoms. The molecule has 0 aliphatic carbocycles. The Morgan fingerprint density at radius 1 is 1.39 bits per heavy atom. The minimum absolute atomic E-state index is 0.144. The van der Waals surface area contributed by atoms with Gasteiger partial charge in [0.05, 0.1) is 5.52 Å². The zero-order valence-electron chi connectivity index (χ0n) is 10.5. The minimum atomic E-state index is -0.144. The Morgan fingerprint density at radius 2 is 2.22 bits per heavy atom. The van der Waals surface area contributed by atoms with Gasteiger partial charge in [-0.2, -0.15) is 0 Å². The molecule has 1 fully saturated rings. The van der Waals surface area contributed by atoms with Gasteiger partial charge in [0.1, 0.15) is 0 Å². The molecular formula is C14H17N3O. The van der Waals surface area contributed by atoms with Gasteiger partial charge in [0.2, 0.25) is 0 Å². The van der Waals surface area contributed by atoms with Gasteiger partial charge < -0.3 is 4.90 Å². The molecule has 1 atom stereocenters. The van der Waals surface area contributed by atoms with E-state index in [9.17, 15) is 4.79 Å². The number of aromatic nitrogens is 2. The summed E-state index contributed by atoms with van der Waals surface area (Å²) in [6.45, 7) is 1.86. The Morgan fingerprint density at radius 3 is 3.00 bits per heavy atom. The van der Waals surface area contributed by atoms with Crippen molar-refractivity contribution in [2.24, 2.45) is 0 Å². The third-order valence-electron chi connectivity index (χ3n) is 3.84. The molecule has 1 aliphatic heterocycles. The van der Waals surface area contributed by atoms with Crippen LogP contribution in [0.4, 0.5) is 0 Å². The molecule has 1 aliphatic rings. The maximum atomic E-state index is 12.0. The van der Waals surface area contributed by atoms with Crippen molar-refractivity contribution in [3.8, 4) is 0 Å². The second-order valence-corrected chi connectivity index (χ2v) is 4.99. The van der Waals surface area contributed by atoms with Crippen LogP contribution >= 0.6 is 0 Å². The second-order valence-electron chi connectivity index (χ2n) is 4.99. The first-order chi connectivity index (χ1) is 8.75.